The summed E-state index contributed by atoms with van der Waals surface area (Å²) in [5, 5.41) is 6.09. The molecule has 0 spiro atoms. The van der Waals surface area contributed by atoms with Crippen LogP contribution in [0.25, 0.3) is 0 Å². The molecule has 6 heteroatoms. The van der Waals surface area contributed by atoms with Crippen molar-refractivity contribution >= 4 is 11.6 Å². The minimum Gasteiger partial charge on any atom is -0.383 e. The minimum absolute atomic E-state index is 0.0297. The number of halogens is 2. The van der Waals surface area contributed by atoms with E-state index in [4.69, 9.17) is 16.1 Å². The Morgan fingerprint density at radius 1 is 1.35 bits per heavy atom. The predicted molar refractivity (Wildman–Crippen MR) is 73.5 cm³/mol. The van der Waals surface area contributed by atoms with Crippen LogP contribution in [-0.2, 0) is 0 Å². The van der Waals surface area contributed by atoms with Gasteiger partial charge in [0, 0.05) is 23.0 Å². The SMILES string of the molecule is O=c1cc([C@H]2CCN[C@@H](c3ccc(F)cc3Cl)C2)o[nH]1. The van der Waals surface area contributed by atoms with E-state index in [9.17, 15) is 9.18 Å². The number of aromatic nitrogens is 1. The summed E-state index contributed by atoms with van der Waals surface area (Å²) >= 11 is 6.10. The molecule has 1 aromatic heterocycles. The van der Waals surface area contributed by atoms with Crippen molar-refractivity contribution < 1.29 is 8.91 Å². The first-order chi connectivity index (χ1) is 9.63. The lowest BCUT2D eigenvalue weighted by Crippen LogP contribution is -2.31. The number of hydrogen-bond donors (Lipinski definition) is 2. The van der Waals surface area contributed by atoms with E-state index in [0.717, 1.165) is 24.9 Å². The molecule has 0 saturated carbocycles. The highest BCUT2D eigenvalue weighted by Crippen LogP contribution is 2.36. The number of rotatable bonds is 2. The molecule has 20 heavy (non-hydrogen) atoms. The Hall–Kier alpha value is -1.59. The summed E-state index contributed by atoms with van der Waals surface area (Å²) < 4.78 is 18.3. The first-order valence-corrected chi connectivity index (χ1v) is 6.88. The quantitative estimate of drug-likeness (QED) is 0.896. The zero-order valence-corrected chi connectivity index (χ0v) is 11.4. The van der Waals surface area contributed by atoms with E-state index in [2.05, 4.69) is 10.5 Å². The Kier molecular flexibility index (Phi) is 3.63. The van der Waals surface area contributed by atoms with Crippen LogP contribution in [0.1, 0.15) is 36.1 Å². The number of hydrogen-bond acceptors (Lipinski definition) is 3. The third kappa shape index (κ3) is 2.64. The summed E-state index contributed by atoms with van der Waals surface area (Å²) in [7, 11) is 0. The van der Waals surface area contributed by atoms with Crippen molar-refractivity contribution in [2.45, 2.75) is 24.8 Å². The van der Waals surface area contributed by atoms with Gasteiger partial charge < -0.3 is 9.84 Å². The molecule has 2 heterocycles. The van der Waals surface area contributed by atoms with Gasteiger partial charge in [-0.2, -0.15) is 5.16 Å². The van der Waals surface area contributed by atoms with Crippen LogP contribution in [0, 0.1) is 5.82 Å². The van der Waals surface area contributed by atoms with E-state index in [1.54, 1.807) is 6.07 Å². The molecule has 1 aliphatic heterocycles. The Labute approximate surface area is 119 Å². The summed E-state index contributed by atoms with van der Waals surface area (Å²) in [5.41, 5.74) is 0.644. The smallest absolute Gasteiger partial charge is 0.280 e. The molecule has 0 bridgehead atoms. The van der Waals surface area contributed by atoms with E-state index in [1.807, 2.05) is 0 Å². The third-order valence-electron chi connectivity index (χ3n) is 3.69. The van der Waals surface area contributed by atoms with E-state index >= 15 is 0 Å². The molecule has 1 aromatic carbocycles. The van der Waals surface area contributed by atoms with Gasteiger partial charge in [-0.15, -0.1) is 0 Å². The van der Waals surface area contributed by atoms with Crippen molar-refractivity contribution in [3.63, 3.8) is 0 Å². The number of H-pyrrole nitrogens is 1. The molecule has 4 nitrogen and oxygen atoms in total. The maximum absolute atomic E-state index is 13.1. The number of piperidine rings is 1. The zero-order valence-electron chi connectivity index (χ0n) is 10.7. The van der Waals surface area contributed by atoms with Crippen molar-refractivity contribution in [1.82, 2.24) is 10.5 Å². The zero-order chi connectivity index (χ0) is 14.1. The first kappa shape index (κ1) is 13.4. The second kappa shape index (κ2) is 5.42. The third-order valence-corrected chi connectivity index (χ3v) is 4.01. The highest BCUT2D eigenvalue weighted by Gasteiger charge is 2.27. The van der Waals surface area contributed by atoms with E-state index in [-0.39, 0.29) is 23.3 Å². The molecule has 2 aromatic rings. The standard InChI is InChI=1S/C14H14ClFN2O2/c15-11-6-9(16)1-2-10(11)12-5-8(3-4-17-12)13-7-14(19)18-20-13/h1-2,6-8,12,17H,3-5H2,(H,18,19)/t8-,12+/m0/s1. The second-order valence-corrected chi connectivity index (χ2v) is 5.42. The molecular formula is C14H14ClFN2O2. The normalized spacial score (nSPS) is 22.9. The molecule has 2 atom stereocenters. The van der Waals surface area contributed by atoms with Crippen LogP contribution in [0.15, 0.2) is 33.6 Å². The van der Waals surface area contributed by atoms with E-state index < -0.39 is 0 Å². The van der Waals surface area contributed by atoms with Crippen LogP contribution in [0.2, 0.25) is 5.02 Å². The Balaban J connectivity index is 1.83. The lowest BCUT2D eigenvalue weighted by Gasteiger charge is -2.29. The lowest BCUT2D eigenvalue weighted by atomic mass is 9.87. The summed E-state index contributed by atoms with van der Waals surface area (Å²) in [5.74, 6) is 0.476. The fourth-order valence-corrected chi connectivity index (χ4v) is 2.99. The van der Waals surface area contributed by atoms with Gasteiger partial charge in [0.05, 0.1) is 0 Å². The van der Waals surface area contributed by atoms with Crippen LogP contribution in [0.4, 0.5) is 4.39 Å². The van der Waals surface area contributed by atoms with Crippen LogP contribution >= 0.6 is 11.6 Å². The van der Waals surface area contributed by atoms with Gasteiger partial charge in [-0.1, -0.05) is 17.7 Å². The lowest BCUT2D eigenvalue weighted by molar-refractivity contribution is 0.295. The van der Waals surface area contributed by atoms with Gasteiger partial charge >= 0.3 is 0 Å². The van der Waals surface area contributed by atoms with Crippen LogP contribution < -0.4 is 10.9 Å². The van der Waals surface area contributed by atoms with Gasteiger partial charge in [0.25, 0.3) is 5.56 Å². The maximum Gasteiger partial charge on any atom is 0.280 e. The van der Waals surface area contributed by atoms with Gasteiger partial charge in [0.15, 0.2) is 0 Å². The average Bonchev–Trinajstić information content (AvgIpc) is 2.86. The van der Waals surface area contributed by atoms with Crippen LogP contribution in [0.3, 0.4) is 0 Å². The van der Waals surface area contributed by atoms with Crippen LogP contribution in [-0.4, -0.2) is 11.7 Å². The van der Waals surface area contributed by atoms with E-state index in [0.29, 0.717) is 10.8 Å². The van der Waals surface area contributed by atoms with Gasteiger partial charge in [0.2, 0.25) is 0 Å². The number of nitrogens with one attached hydrogen (secondary N) is 2. The Bertz CT molecular complexity index is 667. The average molecular weight is 297 g/mol. The first-order valence-electron chi connectivity index (χ1n) is 6.50. The van der Waals surface area contributed by atoms with Crippen molar-refractivity contribution in [2.24, 2.45) is 0 Å². The van der Waals surface area contributed by atoms with Crippen molar-refractivity contribution in [3.05, 3.63) is 56.8 Å². The molecule has 1 fully saturated rings. The highest BCUT2D eigenvalue weighted by atomic mass is 35.5. The second-order valence-electron chi connectivity index (χ2n) is 5.01. The van der Waals surface area contributed by atoms with Gasteiger partial charge in [-0.25, -0.2) is 4.39 Å². The summed E-state index contributed by atoms with van der Waals surface area (Å²) in [4.78, 5) is 11.1. The topological polar surface area (TPSA) is 58.0 Å². The molecule has 0 unspecified atom stereocenters. The fraction of sp³-hybridized carbons (Fsp3) is 0.357. The Morgan fingerprint density at radius 2 is 2.20 bits per heavy atom. The predicted octanol–water partition coefficient (Wildman–Crippen LogP) is 2.97. The molecular weight excluding hydrogens is 283 g/mol. The highest BCUT2D eigenvalue weighted by molar-refractivity contribution is 6.31. The van der Waals surface area contributed by atoms with Crippen LogP contribution in [0.5, 0.6) is 0 Å². The summed E-state index contributed by atoms with van der Waals surface area (Å²) in [6, 6.07) is 5.94. The Morgan fingerprint density at radius 3 is 2.90 bits per heavy atom. The van der Waals surface area contributed by atoms with Crippen molar-refractivity contribution in [2.75, 3.05) is 6.54 Å². The molecule has 3 rings (SSSR count). The summed E-state index contributed by atoms with van der Waals surface area (Å²) in [6.07, 6.45) is 1.64. The maximum atomic E-state index is 13.1. The number of benzene rings is 1. The summed E-state index contributed by atoms with van der Waals surface area (Å²) in [6.45, 7) is 0.790. The van der Waals surface area contributed by atoms with Crippen molar-refractivity contribution in [1.29, 1.82) is 0 Å². The molecule has 2 N–H and O–H groups in total. The molecule has 1 aliphatic rings. The monoisotopic (exact) mass is 296 g/mol. The van der Waals surface area contributed by atoms with Gasteiger partial charge in [0.1, 0.15) is 11.6 Å². The largest absolute Gasteiger partial charge is 0.383 e. The molecule has 0 aliphatic carbocycles. The minimum atomic E-state index is -0.345. The molecule has 1 saturated heterocycles. The van der Waals surface area contributed by atoms with Gasteiger partial charge in [-0.05, 0) is 37.1 Å². The van der Waals surface area contributed by atoms with Gasteiger partial charge in [-0.3, -0.25) is 4.79 Å². The molecule has 106 valence electrons. The van der Waals surface area contributed by atoms with E-state index in [1.165, 1.54) is 18.2 Å². The molecule has 0 amide bonds. The van der Waals surface area contributed by atoms with Crippen molar-refractivity contribution in [3.8, 4) is 0 Å². The molecule has 0 radical (unpaired) electrons. The number of aromatic amines is 1. The fourth-order valence-electron chi connectivity index (χ4n) is 2.70.